The standard InChI is InChI=1S/C15H26N2O2/c1-2-9-17(12-13-6-4-3-5-7-13)15(18)14-11-16-8-10-19-14/h2,13-14,16H,1,3-12H2. The van der Waals surface area contributed by atoms with Crippen LogP contribution in [0.4, 0.5) is 0 Å². The van der Waals surface area contributed by atoms with E-state index in [4.69, 9.17) is 4.74 Å². The Kier molecular flexibility index (Phi) is 5.86. The topological polar surface area (TPSA) is 41.6 Å². The van der Waals surface area contributed by atoms with Crippen molar-refractivity contribution < 1.29 is 9.53 Å². The number of rotatable bonds is 5. The zero-order valence-electron chi connectivity index (χ0n) is 11.8. The van der Waals surface area contributed by atoms with E-state index in [1.54, 1.807) is 0 Å². The van der Waals surface area contributed by atoms with Crippen molar-refractivity contribution >= 4 is 5.91 Å². The highest BCUT2D eigenvalue weighted by molar-refractivity contribution is 5.81. The molecule has 2 aliphatic rings. The van der Waals surface area contributed by atoms with E-state index in [1.165, 1.54) is 32.1 Å². The monoisotopic (exact) mass is 266 g/mol. The summed E-state index contributed by atoms with van der Waals surface area (Å²) in [5.74, 6) is 0.784. The van der Waals surface area contributed by atoms with Gasteiger partial charge in [0.2, 0.25) is 0 Å². The molecule has 1 aliphatic heterocycles. The van der Waals surface area contributed by atoms with Gasteiger partial charge in [-0.05, 0) is 18.8 Å². The molecule has 0 aromatic heterocycles. The average Bonchev–Trinajstić information content (AvgIpc) is 2.48. The first-order valence-corrected chi connectivity index (χ1v) is 7.53. The predicted molar refractivity (Wildman–Crippen MR) is 76.0 cm³/mol. The smallest absolute Gasteiger partial charge is 0.253 e. The van der Waals surface area contributed by atoms with Crippen LogP contribution >= 0.6 is 0 Å². The molecular formula is C15H26N2O2. The lowest BCUT2D eigenvalue weighted by molar-refractivity contribution is -0.145. The van der Waals surface area contributed by atoms with Crippen LogP contribution in [0.5, 0.6) is 0 Å². The zero-order valence-corrected chi connectivity index (χ0v) is 11.8. The summed E-state index contributed by atoms with van der Waals surface area (Å²) in [6.07, 6.45) is 7.98. The number of morpholine rings is 1. The molecule has 19 heavy (non-hydrogen) atoms. The number of ether oxygens (including phenoxy) is 1. The lowest BCUT2D eigenvalue weighted by Crippen LogP contribution is -2.50. The van der Waals surface area contributed by atoms with Crippen molar-refractivity contribution in [2.24, 2.45) is 5.92 Å². The van der Waals surface area contributed by atoms with Gasteiger partial charge in [0.1, 0.15) is 6.10 Å². The van der Waals surface area contributed by atoms with E-state index in [1.807, 2.05) is 11.0 Å². The summed E-state index contributed by atoms with van der Waals surface area (Å²) >= 11 is 0. The maximum absolute atomic E-state index is 12.5. The number of carbonyl (C=O) groups excluding carboxylic acids is 1. The van der Waals surface area contributed by atoms with Crippen LogP contribution in [0.25, 0.3) is 0 Å². The summed E-state index contributed by atoms with van der Waals surface area (Å²) in [4.78, 5) is 14.4. The number of amides is 1. The lowest BCUT2D eigenvalue weighted by Gasteiger charge is -2.33. The number of hydrogen-bond donors (Lipinski definition) is 1. The molecule has 0 aromatic rings. The second kappa shape index (κ2) is 7.65. The maximum Gasteiger partial charge on any atom is 0.253 e. The SMILES string of the molecule is C=CCN(CC1CCCCC1)C(=O)C1CNCCO1. The highest BCUT2D eigenvalue weighted by Crippen LogP contribution is 2.24. The summed E-state index contributed by atoms with van der Waals surface area (Å²) in [6, 6.07) is 0. The van der Waals surface area contributed by atoms with Gasteiger partial charge in [0.15, 0.2) is 0 Å². The Bertz CT molecular complexity index is 295. The fourth-order valence-corrected chi connectivity index (χ4v) is 3.02. The first-order valence-electron chi connectivity index (χ1n) is 7.53. The van der Waals surface area contributed by atoms with Gasteiger partial charge in [0, 0.05) is 26.2 Å². The molecule has 1 amide bonds. The van der Waals surface area contributed by atoms with Crippen LogP contribution in [0.1, 0.15) is 32.1 Å². The van der Waals surface area contributed by atoms with Crippen LogP contribution in [0.2, 0.25) is 0 Å². The molecule has 0 radical (unpaired) electrons. The molecule has 0 aromatic carbocycles. The third kappa shape index (κ3) is 4.32. The Labute approximate surface area is 116 Å². The van der Waals surface area contributed by atoms with Gasteiger partial charge in [0.25, 0.3) is 5.91 Å². The molecule has 1 atom stereocenters. The van der Waals surface area contributed by atoms with Gasteiger partial charge in [0.05, 0.1) is 6.61 Å². The third-order valence-electron chi connectivity index (χ3n) is 4.07. The van der Waals surface area contributed by atoms with Crippen molar-refractivity contribution in [1.82, 2.24) is 10.2 Å². The minimum absolute atomic E-state index is 0.123. The van der Waals surface area contributed by atoms with Gasteiger partial charge < -0.3 is 15.0 Å². The molecule has 2 rings (SSSR count). The van der Waals surface area contributed by atoms with Crippen LogP contribution in [0.3, 0.4) is 0 Å². The normalized spacial score (nSPS) is 24.9. The van der Waals surface area contributed by atoms with Crippen molar-refractivity contribution in [3.05, 3.63) is 12.7 Å². The van der Waals surface area contributed by atoms with Crippen molar-refractivity contribution in [1.29, 1.82) is 0 Å². The number of hydrogen-bond acceptors (Lipinski definition) is 3. The number of nitrogens with zero attached hydrogens (tertiary/aromatic N) is 1. The molecule has 0 spiro atoms. The lowest BCUT2D eigenvalue weighted by atomic mass is 9.89. The van der Waals surface area contributed by atoms with Gasteiger partial charge in [-0.1, -0.05) is 25.3 Å². The Hall–Kier alpha value is -0.870. The molecule has 4 nitrogen and oxygen atoms in total. The van der Waals surface area contributed by atoms with E-state index in [9.17, 15) is 4.79 Å². The van der Waals surface area contributed by atoms with Crippen molar-refractivity contribution in [2.45, 2.75) is 38.2 Å². The van der Waals surface area contributed by atoms with Crippen LogP contribution in [-0.2, 0) is 9.53 Å². The van der Waals surface area contributed by atoms with Crippen LogP contribution in [-0.4, -0.2) is 49.7 Å². The van der Waals surface area contributed by atoms with E-state index in [-0.39, 0.29) is 12.0 Å². The van der Waals surface area contributed by atoms with Gasteiger partial charge in [-0.3, -0.25) is 4.79 Å². The first-order chi connectivity index (χ1) is 9.31. The molecule has 4 heteroatoms. The molecule has 108 valence electrons. The van der Waals surface area contributed by atoms with Crippen molar-refractivity contribution in [3.8, 4) is 0 Å². The molecule has 1 saturated heterocycles. The number of carbonyl (C=O) groups is 1. The molecule has 0 bridgehead atoms. The Morgan fingerprint density at radius 3 is 2.79 bits per heavy atom. The van der Waals surface area contributed by atoms with Gasteiger partial charge >= 0.3 is 0 Å². The maximum atomic E-state index is 12.5. The Balaban J connectivity index is 1.89. The van der Waals surface area contributed by atoms with E-state index >= 15 is 0 Å². The molecule has 1 aliphatic carbocycles. The summed E-state index contributed by atoms with van der Waals surface area (Å²) in [5.41, 5.74) is 0. The first kappa shape index (κ1) is 14.5. The molecule has 1 heterocycles. The highest BCUT2D eigenvalue weighted by atomic mass is 16.5. The average molecular weight is 266 g/mol. The third-order valence-corrected chi connectivity index (χ3v) is 4.07. The highest BCUT2D eigenvalue weighted by Gasteiger charge is 2.28. The molecule has 1 N–H and O–H groups in total. The van der Waals surface area contributed by atoms with Gasteiger partial charge in [-0.25, -0.2) is 0 Å². The quantitative estimate of drug-likeness (QED) is 0.768. The fraction of sp³-hybridized carbons (Fsp3) is 0.800. The second-order valence-electron chi connectivity index (χ2n) is 5.60. The zero-order chi connectivity index (χ0) is 13.5. The minimum Gasteiger partial charge on any atom is -0.366 e. The van der Waals surface area contributed by atoms with E-state index in [2.05, 4.69) is 11.9 Å². The molecule has 1 saturated carbocycles. The Morgan fingerprint density at radius 1 is 1.37 bits per heavy atom. The minimum atomic E-state index is -0.308. The largest absolute Gasteiger partial charge is 0.366 e. The van der Waals surface area contributed by atoms with Gasteiger partial charge in [-0.2, -0.15) is 0 Å². The van der Waals surface area contributed by atoms with E-state index in [0.29, 0.717) is 25.6 Å². The van der Waals surface area contributed by atoms with Gasteiger partial charge in [-0.15, -0.1) is 6.58 Å². The molecule has 1 unspecified atom stereocenters. The predicted octanol–water partition coefficient (Wildman–Crippen LogP) is 1.57. The van der Waals surface area contributed by atoms with Crippen molar-refractivity contribution in [3.63, 3.8) is 0 Å². The fourth-order valence-electron chi connectivity index (χ4n) is 3.02. The number of nitrogens with one attached hydrogen (secondary N) is 1. The van der Waals surface area contributed by atoms with Crippen molar-refractivity contribution in [2.75, 3.05) is 32.8 Å². The van der Waals surface area contributed by atoms with Crippen LogP contribution in [0.15, 0.2) is 12.7 Å². The summed E-state index contributed by atoms with van der Waals surface area (Å²) in [7, 11) is 0. The summed E-state index contributed by atoms with van der Waals surface area (Å²) in [6.45, 7) is 7.37. The second-order valence-corrected chi connectivity index (χ2v) is 5.60. The van der Waals surface area contributed by atoms with E-state index in [0.717, 1.165) is 13.1 Å². The van der Waals surface area contributed by atoms with Crippen LogP contribution in [0, 0.1) is 5.92 Å². The van der Waals surface area contributed by atoms with Crippen LogP contribution < -0.4 is 5.32 Å². The van der Waals surface area contributed by atoms with E-state index < -0.39 is 0 Å². The Morgan fingerprint density at radius 2 is 2.16 bits per heavy atom. The summed E-state index contributed by atoms with van der Waals surface area (Å²) in [5, 5.41) is 3.22. The molecule has 2 fully saturated rings. The summed E-state index contributed by atoms with van der Waals surface area (Å²) < 4.78 is 5.57. The molecular weight excluding hydrogens is 240 g/mol.